The summed E-state index contributed by atoms with van der Waals surface area (Å²) in [7, 11) is 1.65. The lowest BCUT2D eigenvalue weighted by Crippen LogP contribution is -2.33. The lowest BCUT2D eigenvalue weighted by molar-refractivity contribution is 0.0900. The molecule has 1 aromatic rings. The maximum Gasteiger partial charge on any atom is 0.267 e. The predicted octanol–water partition coefficient (Wildman–Crippen LogP) is 1.42. The largest absolute Gasteiger partial charge is 0.393 e. The molecule has 0 bridgehead atoms. The highest BCUT2D eigenvalue weighted by molar-refractivity contribution is 5.92. The van der Waals surface area contributed by atoms with E-state index >= 15 is 0 Å². The van der Waals surface area contributed by atoms with Crippen molar-refractivity contribution in [3.63, 3.8) is 0 Å². The van der Waals surface area contributed by atoms with E-state index in [1.54, 1.807) is 7.11 Å². The molecule has 0 radical (unpaired) electrons. The number of aliphatic hydroxyl groups excluding tert-OH is 1. The van der Waals surface area contributed by atoms with Gasteiger partial charge < -0.3 is 19.7 Å². The number of aromatic nitrogens is 1. The molecule has 0 atom stereocenters. The van der Waals surface area contributed by atoms with Crippen LogP contribution in [-0.2, 0) is 11.3 Å². The van der Waals surface area contributed by atoms with Crippen LogP contribution in [0.25, 0.3) is 0 Å². The van der Waals surface area contributed by atoms with Crippen LogP contribution in [0, 0.1) is 5.92 Å². The van der Waals surface area contributed by atoms with E-state index in [-0.39, 0.29) is 12.0 Å². The Morgan fingerprint density at radius 1 is 1.45 bits per heavy atom. The van der Waals surface area contributed by atoms with Gasteiger partial charge in [0.05, 0.1) is 12.7 Å². The zero-order valence-electron chi connectivity index (χ0n) is 12.0. The summed E-state index contributed by atoms with van der Waals surface area (Å²) < 4.78 is 6.95. The molecule has 1 saturated carbocycles. The van der Waals surface area contributed by atoms with Crippen LogP contribution in [0.5, 0.6) is 0 Å². The minimum absolute atomic E-state index is 0.0303. The molecule has 1 heterocycles. The van der Waals surface area contributed by atoms with Crippen LogP contribution in [0.4, 0.5) is 0 Å². The molecule has 5 nitrogen and oxygen atoms in total. The number of nitrogens with one attached hydrogen (secondary N) is 1. The molecular formula is C15H24N2O3. The first-order valence-electron chi connectivity index (χ1n) is 7.31. The summed E-state index contributed by atoms with van der Waals surface area (Å²) in [5, 5.41) is 12.5. The van der Waals surface area contributed by atoms with Gasteiger partial charge in [-0.1, -0.05) is 0 Å². The molecule has 1 fully saturated rings. The number of amides is 1. The molecule has 112 valence electrons. The fraction of sp³-hybridized carbons (Fsp3) is 0.667. The predicted molar refractivity (Wildman–Crippen MR) is 76.6 cm³/mol. The Balaban J connectivity index is 1.81. The van der Waals surface area contributed by atoms with Crippen LogP contribution in [0.1, 0.15) is 36.2 Å². The van der Waals surface area contributed by atoms with Gasteiger partial charge in [-0.05, 0) is 43.7 Å². The van der Waals surface area contributed by atoms with Gasteiger partial charge in [-0.2, -0.15) is 0 Å². The number of hydrogen-bond donors (Lipinski definition) is 2. The van der Waals surface area contributed by atoms with Crippen molar-refractivity contribution in [3.8, 4) is 0 Å². The van der Waals surface area contributed by atoms with Crippen molar-refractivity contribution in [1.82, 2.24) is 9.88 Å². The number of nitrogens with zero attached hydrogens (tertiary/aromatic N) is 1. The van der Waals surface area contributed by atoms with Gasteiger partial charge in [-0.3, -0.25) is 4.79 Å². The zero-order valence-corrected chi connectivity index (χ0v) is 12.0. The van der Waals surface area contributed by atoms with E-state index in [1.807, 2.05) is 22.9 Å². The fourth-order valence-corrected chi connectivity index (χ4v) is 2.68. The van der Waals surface area contributed by atoms with Gasteiger partial charge in [0.25, 0.3) is 5.91 Å². The van der Waals surface area contributed by atoms with Crippen molar-refractivity contribution < 1.29 is 14.6 Å². The third-order valence-electron chi connectivity index (χ3n) is 3.97. The van der Waals surface area contributed by atoms with Crippen LogP contribution in [0.3, 0.4) is 0 Å². The minimum atomic E-state index is -0.145. The Hall–Kier alpha value is -1.33. The highest BCUT2D eigenvalue weighted by Gasteiger charge is 2.20. The molecule has 0 unspecified atom stereocenters. The van der Waals surface area contributed by atoms with Crippen molar-refractivity contribution in [1.29, 1.82) is 0 Å². The third-order valence-corrected chi connectivity index (χ3v) is 3.97. The van der Waals surface area contributed by atoms with Crippen molar-refractivity contribution in [2.75, 3.05) is 20.3 Å². The van der Waals surface area contributed by atoms with Crippen LogP contribution in [0.2, 0.25) is 0 Å². The maximum atomic E-state index is 12.2. The first kappa shape index (κ1) is 15.1. The molecular weight excluding hydrogens is 256 g/mol. The van der Waals surface area contributed by atoms with Gasteiger partial charge in [0.1, 0.15) is 5.69 Å². The number of carbonyl (C=O) groups is 1. The lowest BCUT2D eigenvalue weighted by atomic mass is 9.87. The summed E-state index contributed by atoms with van der Waals surface area (Å²) >= 11 is 0. The van der Waals surface area contributed by atoms with Crippen molar-refractivity contribution in [2.24, 2.45) is 5.92 Å². The summed E-state index contributed by atoms with van der Waals surface area (Å²) in [5.74, 6) is 0.460. The average molecular weight is 280 g/mol. The summed E-state index contributed by atoms with van der Waals surface area (Å²) in [6.07, 6.45) is 5.44. The molecule has 2 N–H and O–H groups in total. The molecule has 5 heteroatoms. The van der Waals surface area contributed by atoms with Gasteiger partial charge in [-0.15, -0.1) is 0 Å². The van der Waals surface area contributed by atoms with Crippen molar-refractivity contribution in [3.05, 3.63) is 24.0 Å². The second kappa shape index (κ2) is 7.45. The molecule has 1 aromatic heterocycles. The monoisotopic (exact) mass is 280 g/mol. The van der Waals surface area contributed by atoms with Crippen molar-refractivity contribution in [2.45, 2.75) is 38.3 Å². The first-order chi connectivity index (χ1) is 9.70. The standard InChI is InChI=1S/C15H24N2O3/c1-20-10-9-17-8-2-3-14(17)15(19)16-11-12-4-6-13(18)7-5-12/h2-3,8,12-13,18H,4-7,9-11H2,1H3,(H,16,19). The lowest BCUT2D eigenvalue weighted by Gasteiger charge is -2.25. The molecule has 1 amide bonds. The summed E-state index contributed by atoms with van der Waals surface area (Å²) in [4.78, 5) is 12.2. The van der Waals surface area contributed by atoms with Crippen molar-refractivity contribution >= 4 is 5.91 Å². The number of carbonyl (C=O) groups excluding carboxylic acids is 1. The van der Waals surface area contributed by atoms with Gasteiger partial charge in [0.2, 0.25) is 0 Å². The number of aliphatic hydroxyl groups is 1. The number of rotatable bonds is 6. The smallest absolute Gasteiger partial charge is 0.267 e. The van der Waals surface area contributed by atoms with Crippen LogP contribution in [0.15, 0.2) is 18.3 Å². The van der Waals surface area contributed by atoms with E-state index in [1.165, 1.54) is 0 Å². The molecule has 0 aromatic carbocycles. The molecule has 1 aliphatic rings. The number of hydrogen-bond acceptors (Lipinski definition) is 3. The zero-order chi connectivity index (χ0) is 14.4. The molecule has 1 aliphatic carbocycles. The Morgan fingerprint density at radius 3 is 2.90 bits per heavy atom. The second-order valence-corrected chi connectivity index (χ2v) is 5.46. The SMILES string of the molecule is COCCn1cccc1C(=O)NCC1CCC(O)CC1. The van der Waals surface area contributed by atoms with Gasteiger partial charge >= 0.3 is 0 Å². The number of methoxy groups -OCH3 is 1. The Labute approximate surface area is 119 Å². The molecule has 0 saturated heterocycles. The highest BCUT2D eigenvalue weighted by Crippen LogP contribution is 2.23. The van der Waals surface area contributed by atoms with E-state index in [0.717, 1.165) is 25.7 Å². The van der Waals surface area contributed by atoms with E-state index in [9.17, 15) is 9.90 Å². The highest BCUT2D eigenvalue weighted by atomic mass is 16.5. The molecule has 20 heavy (non-hydrogen) atoms. The van der Waals surface area contributed by atoms with Gasteiger partial charge in [0.15, 0.2) is 0 Å². The van der Waals surface area contributed by atoms with Crippen LogP contribution >= 0.6 is 0 Å². The molecule has 0 spiro atoms. The van der Waals surface area contributed by atoms with E-state index in [4.69, 9.17) is 4.74 Å². The summed E-state index contributed by atoms with van der Waals surface area (Å²) in [6, 6.07) is 3.71. The van der Waals surface area contributed by atoms with Gasteiger partial charge in [-0.25, -0.2) is 0 Å². The normalized spacial score (nSPS) is 22.7. The molecule has 2 rings (SSSR count). The number of ether oxygens (including phenoxy) is 1. The summed E-state index contributed by atoms with van der Waals surface area (Å²) in [6.45, 7) is 1.97. The maximum absolute atomic E-state index is 12.2. The van der Waals surface area contributed by atoms with E-state index in [2.05, 4.69) is 5.32 Å². The van der Waals surface area contributed by atoms with Crippen LogP contribution < -0.4 is 5.32 Å². The fourth-order valence-electron chi connectivity index (χ4n) is 2.68. The average Bonchev–Trinajstić information content (AvgIpc) is 2.92. The van der Waals surface area contributed by atoms with E-state index < -0.39 is 0 Å². The second-order valence-electron chi connectivity index (χ2n) is 5.46. The van der Waals surface area contributed by atoms with Gasteiger partial charge in [0, 0.05) is 26.4 Å². The van der Waals surface area contributed by atoms with Crippen LogP contribution in [-0.4, -0.2) is 41.9 Å². The first-order valence-corrected chi connectivity index (χ1v) is 7.31. The minimum Gasteiger partial charge on any atom is -0.393 e. The Morgan fingerprint density at radius 2 is 2.20 bits per heavy atom. The topological polar surface area (TPSA) is 63.5 Å². The molecule has 0 aliphatic heterocycles. The Bertz CT molecular complexity index is 423. The quantitative estimate of drug-likeness (QED) is 0.828. The third kappa shape index (κ3) is 4.08. The van der Waals surface area contributed by atoms with E-state index in [0.29, 0.717) is 31.3 Å². The summed E-state index contributed by atoms with van der Waals surface area (Å²) in [5.41, 5.74) is 0.679. The Kier molecular flexibility index (Phi) is 5.61.